The van der Waals surface area contributed by atoms with Crippen LogP contribution >= 0.6 is 0 Å². The fourth-order valence-electron chi connectivity index (χ4n) is 3.09. The summed E-state index contributed by atoms with van der Waals surface area (Å²) < 4.78 is 20.2. The molecule has 144 valence electrons. The maximum absolute atomic E-state index is 13.4. The summed E-state index contributed by atoms with van der Waals surface area (Å²) in [5.41, 5.74) is 3.41. The Morgan fingerprint density at radius 1 is 1.25 bits per heavy atom. The highest BCUT2D eigenvalue weighted by atomic mass is 19.1. The number of hydrogen-bond acceptors (Lipinski definition) is 4. The van der Waals surface area contributed by atoms with Crippen molar-refractivity contribution in [3.8, 4) is 22.4 Å². The molecule has 6 nitrogen and oxygen atoms in total. The van der Waals surface area contributed by atoms with Crippen LogP contribution in [-0.2, 0) is 16.1 Å². The molecule has 0 saturated heterocycles. The number of pyridine rings is 1. The predicted molar refractivity (Wildman–Crippen MR) is 104 cm³/mol. The number of methoxy groups -OCH3 is 1. The van der Waals surface area contributed by atoms with E-state index in [1.807, 2.05) is 16.9 Å². The predicted octanol–water partition coefficient (Wildman–Crippen LogP) is 3.75. The normalized spacial score (nSPS) is 13.5. The van der Waals surface area contributed by atoms with Gasteiger partial charge in [-0.3, -0.25) is 9.48 Å². The lowest BCUT2D eigenvalue weighted by Crippen LogP contribution is -2.17. The van der Waals surface area contributed by atoms with Crippen LogP contribution in [0.3, 0.4) is 0 Å². The molecule has 1 N–H and O–H groups in total. The molecule has 2 heterocycles. The van der Waals surface area contributed by atoms with Crippen molar-refractivity contribution in [2.45, 2.75) is 19.4 Å². The van der Waals surface area contributed by atoms with E-state index in [0.29, 0.717) is 11.7 Å². The van der Waals surface area contributed by atoms with Crippen molar-refractivity contribution in [2.24, 2.45) is 5.92 Å². The van der Waals surface area contributed by atoms with E-state index in [1.165, 1.54) is 32.1 Å². The summed E-state index contributed by atoms with van der Waals surface area (Å²) >= 11 is 0. The number of rotatable bonds is 7. The Balaban J connectivity index is 1.70. The minimum absolute atomic E-state index is 0.0357. The molecule has 2 aromatic heterocycles. The van der Waals surface area contributed by atoms with Gasteiger partial charge in [-0.25, -0.2) is 9.37 Å². The number of halogens is 1. The quantitative estimate of drug-likeness (QED) is 0.678. The van der Waals surface area contributed by atoms with E-state index in [4.69, 9.17) is 9.84 Å². The Morgan fingerprint density at radius 2 is 2.04 bits per heavy atom. The van der Waals surface area contributed by atoms with Crippen molar-refractivity contribution in [1.29, 1.82) is 0 Å². The van der Waals surface area contributed by atoms with E-state index >= 15 is 0 Å². The lowest BCUT2D eigenvalue weighted by Gasteiger charge is -2.07. The number of aromatic nitrogens is 3. The maximum atomic E-state index is 13.4. The fraction of sp³-hybridized carbons (Fsp3) is 0.286. The van der Waals surface area contributed by atoms with Gasteiger partial charge in [-0.1, -0.05) is 0 Å². The van der Waals surface area contributed by atoms with Crippen LogP contribution in [0.2, 0.25) is 0 Å². The van der Waals surface area contributed by atoms with Gasteiger partial charge in [-0.15, -0.1) is 0 Å². The summed E-state index contributed by atoms with van der Waals surface area (Å²) in [5, 5.41) is 7.47. The van der Waals surface area contributed by atoms with Crippen LogP contribution in [0.1, 0.15) is 12.8 Å². The molecule has 28 heavy (non-hydrogen) atoms. The van der Waals surface area contributed by atoms with Crippen LogP contribution < -0.4 is 5.32 Å². The first-order valence-corrected chi connectivity index (χ1v) is 9.21. The van der Waals surface area contributed by atoms with Crippen molar-refractivity contribution < 1.29 is 13.9 Å². The van der Waals surface area contributed by atoms with Crippen molar-refractivity contribution >= 4 is 11.7 Å². The molecule has 0 atom stereocenters. The Morgan fingerprint density at radius 3 is 2.75 bits per heavy atom. The molecule has 1 amide bonds. The van der Waals surface area contributed by atoms with Crippen LogP contribution in [0.4, 0.5) is 10.2 Å². The Bertz CT molecular complexity index is 980. The number of benzene rings is 1. The third kappa shape index (κ3) is 4.26. The number of nitrogens with one attached hydrogen (secondary N) is 1. The van der Waals surface area contributed by atoms with Crippen molar-refractivity contribution in [1.82, 2.24) is 14.8 Å². The van der Waals surface area contributed by atoms with Crippen molar-refractivity contribution in [3.05, 3.63) is 54.6 Å². The Hall–Kier alpha value is -3.06. The van der Waals surface area contributed by atoms with Gasteiger partial charge in [-0.2, -0.15) is 5.10 Å². The number of amides is 1. The number of hydrogen-bond donors (Lipinski definition) is 1. The first kappa shape index (κ1) is 18.3. The van der Waals surface area contributed by atoms with E-state index in [2.05, 4.69) is 10.3 Å². The summed E-state index contributed by atoms with van der Waals surface area (Å²) in [6, 6.07) is 10.00. The fourth-order valence-corrected chi connectivity index (χ4v) is 3.09. The van der Waals surface area contributed by atoms with Crippen LogP contribution in [0.5, 0.6) is 0 Å². The average Bonchev–Trinajstić information content (AvgIpc) is 3.39. The van der Waals surface area contributed by atoms with E-state index in [1.54, 1.807) is 24.4 Å². The van der Waals surface area contributed by atoms with E-state index in [-0.39, 0.29) is 18.3 Å². The third-order valence-corrected chi connectivity index (χ3v) is 4.64. The third-order valence-electron chi connectivity index (χ3n) is 4.64. The lowest BCUT2D eigenvalue weighted by molar-refractivity contribution is -0.119. The largest absolute Gasteiger partial charge is 0.375 e. The van der Waals surface area contributed by atoms with E-state index in [0.717, 1.165) is 28.9 Å². The number of anilines is 1. The summed E-state index contributed by atoms with van der Waals surface area (Å²) in [5.74, 6) is 0.569. The highest BCUT2D eigenvalue weighted by Gasteiger charge is 2.23. The van der Waals surface area contributed by atoms with Gasteiger partial charge in [0.1, 0.15) is 23.9 Å². The zero-order valence-corrected chi connectivity index (χ0v) is 15.6. The molecule has 3 aromatic rings. The molecule has 1 saturated carbocycles. The zero-order valence-electron chi connectivity index (χ0n) is 15.6. The lowest BCUT2D eigenvalue weighted by atomic mass is 10.0. The molecule has 0 unspecified atom stereocenters. The molecular formula is C21H21FN4O2. The van der Waals surface area contributed by atoms with Gasteiger partial charge < -0.3 is 10.1 Å². The van der Waals surface area contributed by atoms with Gasteiger partial charge in [0.05, 0.1) is 0 Å². The maximum Gasteiger partial charge on any atom is 0.251 e. The van der Waals surface area contributed by atoms with Crippen LogP contribution in [0, 0.1) is 11.7 Å². The van der Waals surface area contributed by atoms with Crippen molar-refractivity contribution in [2.75, 3.05) is 19.0 Å². The number of nitrogens with zero attached hydrogens (tertiary/aromatic N) is 3. The standard InChI is InChI=1S/C21H21FN4O2/c1-28-13-20(27)24-19-10-16(8-9-23-19)18-12-26(11-14-2-3-14)25-21(18)15-4-6-17(22)7-5-15/h4-10,12,14H,2-3,11,13H2,1H3,(H,23,24,27). The molecular weight excluding hydrogens is 359 g/mol. The monoisotopic (exact) mass is 380 g/mol. The minimum Gasteiger partial charge on any atom is -0.375 e. The number of ether oxygens (including phenoxy) is 1. The molecule has 0 bridgehead atoms. The summed E-state index contributed by atoms with van der Waals surface area (Å²) in [6.45, 7) is 0.836. The van der Waals surface area contributed by atoms with Gasteiger partial charge in [0, 0.05) is 37.2 Å². The van der Waals surface area contributed by atoms with Crippen LogP contribution in [-0.4, -0.2) is 34.4 Å². The molecule has 0 aliphatic heterocycles. The molecule has 1 aromatic carbocycles. The molecule has 1 aliphatic carbocycles. The summed E-state index contributed by atoms with van der Waals surface area (Å²) in [4.78, 5) is 16.0. The molecule has 4 rings (SSSR count). The van der Waals surface area contributed by atoms with Crippen molar-refractivity contribution in [3.63, 3.8) is 0 Å². The second-order valence-corrected chi connectivity index (χ2v) is 6.97. The molecule has 1 fully saturated rings. The Labute approximate surface area is 162 Å². The molecule has 0 spiro atoms. The highest BCUT2D eigenvalue weighted by Crippen LogP contribution is 2.35. The Kier molecular flexibility index (Phi) is 5.16. The second-order valence-electron chi connectivity index (χ2n) is 6.97. The SMILES string of the molecule is COCC(=O)Nc1cc(-c2cn(CC3CC3)nc2-c2ccc(F)cc2)ccn1. The molecule has 0 radical (unpaired) electrons. The smallest absolute Gasteiger partial charge is 0.251 e. The number of carbonyl (C=O) groups is 1. The summed E-state index contributed by atoms with van der Waals surface area (Å²) in [6.07, 6.45) is 6.11. The molecule has 1 aliphatic rings. The first-order valence-electron chi connectivity index (χ1n) is 9.21. The van der Waals surface area contributed by atoms with Gasteiger partial charge in [0.2, 0.25) is 0 Å². The van der Waals surface area contributed by atoms with E-state index < -0.39 is 0 Å². The second kappa shape index (κ2) is 7.90. The molecule has 7 heteroatoms. The summed E-state index contributed by atoms with van der Waals surface area (Å²) in [7, 11) is 1.46. The minimum atomic E-state index is -0.283. The van der Waals surface area contributed by atoms with Crippen LogP contribution in [0.15, 0.2) is 48.8 Å². The van der Waals surface area contributed by atoms with Crippen LogP contribution in [0.25, 0.3) is 22.4 Å². The highest BCUT2D eigenvalue weighted by molar-refractivity contribution is 5.91. The average molecular weight is 380 g/mol. The van der Waals surface area contributed by atoms with Gasteiger partial charge >= 0.3 is 0 Å². The number of carbonyl (C=O) groups excluding carboxylic acids is 1. The topological polar surface area (TPSA) is 69.0 Å². The van der Waals surface area contributed by atoms with Gasteiger partial charge in [0.25, 0.3) is 5.91 Å². The van der Waals surface area contributed by atoms with Gasteiger partial charge in [0.15, 0.2) is 0 Å². The first-order chi connectivity index (χ1) is 13.6. The van der Waals surface area contributed by atoms with Gasteiger partial charge in [-0.05, 0) is 60.7 Å². The van der Waals surface area contributed by atoms with E-state index in [9.17, 15) is 9.18 Å². The zero-order chi connectivity index (χ0) is 19.5.